The largest absolute Gasteiger partial charge is 0.380 e. The van der Waals surface area contributed by atoms with Crippen molar-refractivity contribution >= 4 is 11.6 Å². The summed E-state index contributed by atoms with van der Waals surface area (Å²) in [5.41, 5.74) is 3.96. The van der Waals surface area contributed by atoms with Gasteiger partial charge in [-0.25, -0.2) is 9.97 Å². The third-order valence-electron chi connectivity index (χ3n) is 5.98. The van der Waals surface area contributed by atoms with E-state index in [2.05, 4.69) is 26.6 Å². The Labute approximate surface area is 164 Å². The molecule has 1 atom stereocenters. The van der Waals surface area contributed by atoms with Gasteiger partial charge in [-0.05, 0) is 37.6 Å². The van der Waals surface area contributed by atoms with Crippen LogP contribution in [-0.4, -0.2) is 55.9 Å². The van der Waals surface area contributed by atoms with Crippen LogP contribution in [0.2, 0.25) is 0 Å². The molecule has 144 valence electrons. The molecule has 5 rings (SSSR count). The van der Waals surface area contributed by atoms with Crippen molar-refractivity contribution in [3.8, 4) is 17.3 Å². The SMILES string of the molecule is N#Cc1ccc(-c2nc(NC[C@H]3CCNC3)ncc2N2CC3(COC3)C2)cc1. The molecule has 3 aliphatic rings. The van der Waals surface area contributed by atoms with Crippen LogP contribution in [0.25, 0.3) is 11.3 Å². The van der Waals surface area contributed by atoms with Crippen molar-refractivity contribution < 1.29 is 4.74 Å². The molecule has 2 N–H and O–H groups in total. The van der Waals surface area contributed by atoms with Gasteiger partial charge < -0.3 is 20.3 Å². The highest BCUT2D eigenvalue weighted by molar-refractivity contribution is 5.76. The lowest BCUT2D eigenvalue weighted by Gasteiger charge is -2.56. The third kappa shape index (κ3) is 3.19. The van der Waals surface area contributed by atoms with Gasteiger partial charge in [0.1, 0.15) is 0 Å². The first-order chi connectivity index (χ1) is 13.7. The van der Waals surface area contributed by atoms with Gasteiger partial charge in [-0.3, -0.25) is 0 Å². The summed E-state index contributed by atoms with van der Waals surface area (Å²) in [6.07, 6.45) is 3.12. The first-order valence-corrected chi connectivity index (χ1v) is 9.90. The van der Waals surface area contributed by atoms with Crippen LogP contribution in [0, 0.1) is 22.7 Å². The summed E-state index contributed by atoms with van der Waals surface area (Å²) in [5.74, 6) is 1.28. The summed E-state index contributed by atoms with van der Waals surface area (Å²) in [5, 5.41) is 15.9. The predicted octanol–water partition coefficient (Wildman–Crippen LogP) is 1.87. The van der Waals surface area contributed by atoms with Crippen LogP contribution in [0.15, 0.2) is 30.5 Å². The second-order valence-electron chi connectivity index (χ2n) is 8.21. The van der Waals surface area contributed by atoms with Gasteiger partial charge in [0.2, 0.25) is 5.95 Å². The maximum Gasteiger partial charge on any atom is 0.223 e. The van der Waals surface area contributed by atoms with E-state index < -0.39 is 0 Å². The molecule has 3 fully saturated rings. The maximum atomic E-state index is 9.09. The van der Waals surface area contributed by atoms with E-state index in [4.69, 9.17) is 15.0 Å². The van der Waals surface area contributed by atoms with Crippen LogP contribution in [0.4, 0.5) is 11.6 Å². The molecular weight excluding hydrogens is 352 g/mol. The average molecular weight is 376 g/mol. The Morgan fingerprint density at radius 2 is 2.11 bits per heavy atom. The van der Waals surface area contributed by atoms with Crippen LogP contribution >= 0.6 is 0 Å². The molecule has 4 heterocycles. The number of hydrogen-bond acceptors (Lipinski definition) is 7. The van der Waals surface area contributed by atoms with E-state index in [-0.39, 0.29) is 0 Å². The predicted molar refractivity (Wildman–Crippen MR) is 107 cm³/mol. The first-order valence-electron chi connectivity index (χ1n) is 9.90. The van der Waals surface area contributed by atoms with Gasteiger partial charge in [0.15, 0.2) is 0 Å². The van der Waals surface area contributed by atoms with E-state index in [0.717, 1.165) is 62.9 Å². The number of hydrogen-bond donors (Lipinski definition) is 2. The zero-order valence-corrected chi connectivity index (χ0v) is 15.8. The van der Waals surface area contributed by atoms with E-state index in [1.165, 1.54) is 6.42 Å². The molecule has 3 aliphatic heterocycles. The van der Waals surface area contributed by atoms with Gasteiger partial charge in [0.05, 0.1) is 47.8 Å². The number of nitriles is 1. The molecule has 7 heteroatoms. The lowest BCUT2D eigenvalue weighted by molar-refractivity contribution is -0.127. The third-order valence-corrected chi connectivity index (χ3v) is 5.98. The standard InChI is InChI=1S/C21H24N6O/c22-7-15-1-3-17(4-2-15)19-18(27-11-21(12-27)13-28-14-21)10-25-20(26-19)24-9-16-5-6-23-8-16/h1-4,10,16,23H,5-6,8-9,11-14H2,(H,24,25,26)/t16-/m0/s1. The molecule has 2 aromatic rings. The van der Waals surface area contributed by atoms with E-state index in [1.54, 1.807) is 0 Å². The van der Waals surface area contributed by atoms with Crippen LogP contribution in [0.1, 0.15) is 12.0 Å². The Bertz CT molecular complexity index is 888. The lowest BCUT2D eigenvalue weighted by atomic mass is 9.77. The van der Waals surface area contributed by atoms with Gasteiger partial charge in [0, 0.05) is 25.2 Å². The minimum absolute atomic E-state index is 0.328. The molecule has 0 unspecified atom stereocenters. The molecule has 3 saturated heterocycles. The Hall–Kier alpha value is -2.69. The molecule has 7 nitrogen and oxygen atoms in total. The average Bonchev–Trinajstić information content (AvgIpc) is 3.18. The van der Waals surface area contributed by atoms with Gasteiger partial charge in [-0.1, -0.05) is 12.1 Å². The zero-order chi connectivity index (χ0) is 19.0. The number of ether oxygens (including phenoxy) is 1. The van der Waals surface area contributed by atoms with Crippen LogP contribution in [0.3, 0.4) is 0 Å². The fraction of sp³-hybridized carbons (Fsp3) is 0.476. The monoisotopic (exact) mass is 376 g/mol. The molecule has 0 aliphatic carbocycles. The molecule has 1 spiro atoms. The summed E-state index contributed by atoms with van der Waals surface area (Å²) in [7, 11) is 0. The van der Waals surface area contributed by atoms with Crippen LogP contribution in [0.5, 0.6) is 0 Å². The highest BCUT2D eigenvalue weighted by atomic mass is 16.5. The van der Waals surface area contributed by atoms with E-state index in [0.29, 0.717) is 22.8 Å². The Kier molecular flexibility index (Phi) is 4.38. The fourth-order valence-electron chi connectivity index (χ4n) is 4.24. The summed E-state index contributed by atoms with van der Waals surface area (Å²) in [4.78, 5) is 11.8. The summed E-state index contributed by atoms with van der Waals surface area (Å²) in [6, 6.07) is 9.80. The van der Waals surface area contributed by atoms with E-state index in [1.807, 2.05) is 30.5 Å². The molecule has 0 bridgehead atoms. The number of rotatable bonds is 5. The highest BCUT2D eigenvalue weighted by Gasteiger charge is 2.49. The quantitative estimate of drug-likeness (QED) is 0.824. The van der Waals surface area contributed by atoms with Gasteiger partial charge in [-0.2, -0.15) is 5.26 Å². The van der Waals surface area contributed by atoms with Crippen molar-refractivity contribution in [2.75, 3.05) is 56.2 Å². The molecular formula is C21H24N6O. The minimum Gasteiger partial charge on any atom is -0.380 e. The molecule has 28 heavy (non-hydrogen) atoms. The smallest absolute Gasteiger partial charge is 0.223 e. The Morgan fingerprint density at radius 3 is 2.75 bits per heavy atom. The van der Waals surface area contributed by atoms with Crippen LogP contribution < -0.4 is 15.5 Å². The van der Waals surface area contributed by atoms with E-state index in [9.17, 15) is 0 Å². The normalized spacial score (nSPS) is 22.4. The summed E-state index contributed by atoms with van der Waals surface area (Å²) < 4.78 is 5.40. The molecule has 0 saturated carbocycles. The summed E-state index contributed by atoms with van der Waals surface area (Å²) in [6.45, 7) is 6.69. The molecule has 1 aromatic heterocycles. The van der Waals surface area contributed by atoms with Gasteiger partial charge in [-0.15, -0.1) is 0 Å². The number of benzene rings is 1. The van der Waals surface area contributed by atoms with Crippen molar-refractivity contribution in [2.24, 2.45) is 11.3 Å². The lowest BCUT2D eigenvalue weighted by Crippen LogP contribution is -2.66. The summed E-state index contributed by atoms with van der Waals surface area (Å²) >= 11 is 0. The second-order valence-corrected chi connectivity index (χ2v) is 8.21. The van der Waals surface area contributed by atoms with Crippen molar-refractivity contribution in [1.82, 2.24) is 15.3 Å². The Morgan fingerprint density at radius 1 is 1.29 bits per heavy atom. The van der Waals surface area contributed by atoms with Gasteiger partial charge in [0.25, 0.3) is 0 Å². The number of nitrogens with one attached hydrogen (secondary N) is 2. The maximum absolute atomic E-state index is 9.09. The van der Waals surface area contributed by atoms with Crippen molar-refractivity contribution in [2.45, 2.75) is 6.42 Å². The second kappa shape index (κ2) is 7.04. The topological polar surface area (TPSA) is 86.1 Å². The van der Waals surface area contributed by atoms with Crippen molar-refractivity contribution in [3.63, 3.8) is 0 Å². The first kappa shape index (κ1) is 17.4. The van der Waals surface area contributed by atoms with Crippen LogP contribution in [-0.2, 0) is 4.74 Å². The van der Waals surface area contributed by atoms with Crippen molar-refractivity contribution in [3.05, 3.63) is 36.0 Å². The molecule has 1 aromatic carbocycles. The zero-order valence-electron chi connectivity index (χ0n) is 15.8. The number of anilines is 2. The minimum atomic E-state index is 0.328. The van der Waals surface area contributed by atoms with Gasteiger partial charge >= 0.3 is 0 Å². The van der Waals surface area contributed by atoms with Crippen molar-refractivity contribution in [1.29, 1.82) is 5.26 Å². The number of aromatic nitrogens is 2. The molecule has 0 amide bonds. The van der Waals surface area contributed by atoms with E-state index >= 15 is 0 Å². The molecule has 0 radical (unpaired) electrons. The highest BCUT2D eigenvalue weighted by Crippen LogP contribution is 2.42. The number of nitrogens with zero attached hydrogens (tertiary/aromatic N) is 4. The Balaban J connectivity index is 1.41. The fourth-order valence-corrected chi connectivity index (χ4v) is 4.24.